The molecule has 0 amide bonds. The van der Waals surface area contributed by atoms with Crippen LogP contribution in [0.3, 0.4) is 0 Å². The van der Waals surface area contributed by atoms with Crippen LogP contribution in [-0.4, -0.2) is 20.9 Å². The standard InChI is InChI=1S/C12H16N2O3/c15-11-7-6-10(12(16)17)13-14(11)8-9-4-2-1-3-5-9/h6-7,9H,1-5,8H2,(H,16,17). The Morgan fingerprint density at radius 1 is 1.35 bits per heavy atom. The molecule has 0 atom stereocenters. The number of rotatable bonds is 3. The predicted octanol–water partition coefficient (Wildman–Crippen LogP) is 1.52. The molecule has 92 valence electrons. The lowest BCUT2D eigenvalue weighted by molar-refractivity contribution is 0.0686. The highest BCUT2D eigenvalue weighted by atomic mass is 16.4. The third-order valence-electron chi connectivity index (χ3n) is 3.24. The van der Waals surface area contributed by atoms with Crippen molar-refractivity contribution in [3.8, 4) is 0 Å². The van der Waals surface area contributed by atoms with Crippen LogP contribution in [-0.2, 0) is 6.54 Å². The van der Waals surface area contributed by atoms with Gasteiger partial charge in [-0.05, 0) is 24.8 Å². The Bertz CT molecular complexity index is 461. The molecular weight excluding hydrogens is 220 g/mol. The van der Waals surface area contributed by atoms with E-state index in [9.17, 15) is 9.59 Å². The summed E-state index contributed by atoms with van der Waals surface area (Å²) in [5.74, 6) is -0.639. The van der Waals surface area contributed by atoms with Crippen LogP contribution in [0.5, 0.6) is 0 Å². The predicted molar refractivity (Wildman–Crippen MR) is 62.0 cm³/mol. The minimum Gasteiger partial charge on any atom is -0.476 e. The summed E-state index contributed by atoms with van der Waals surface area (Å²) in [6.07, 6.45) is 5.85. The highest BCUT2D eigenvalue weighted by Gasteiger charge is 2.16. The van der Waals surface area contributed by atoms with Gasteiger partial charge in [-0.25, -0.2) is 9.48 Å². The summed E-state index contributed by atoms with van der Waals surface area (Å²) in [7, 11) is 0. The number of carboxylic acids is 1. The Balaban J connectivity index is 2.16. The second-order valence-electron chi connectivity index (χ2n) is 4.55. The first-order valence-electron chi connectivity index (χ1n) is 5.98. The van der Waals surface area contributed by atoms with E-state index >= 15 is 0 Å². The van der Waals surface area contributed by atoms with Crippen molar-refractivity contribution >= 4 is 5.97 Å². The van der Waals surface area contributed by atoms with Crippen molar-refractivity contribution in [2.45, 2.75) is 38.6 Å². The van der Waals surface area contributed by atoms with E-state index in [1.807, 2.05) is 0 Å². The zero-order valence-corrected chi connectivity index (χ0v) is 9.63. The van der Waals surface area contributed by atoms with Crippen LogP contribution in [0.2, 0.25) is 0 Å². The molecule has 1 aliphatic carbocycles. The smallest absolute Gasteiger partial charge is 0.356 e. The van der Waals surface area contributed by atoms with Gasteiger partial charge < -0.3 is 5.11 Å². The highest BCUT2D eigenvalue weighted by Crippen LogP contribution is 2.24. The van der Waals surface area contributed by atoms with Crippen LogP contribution in [0.1, 0.15) is 42.6 Å². The van der Waals surface area contributed by atoms with Crippen molar-refractivity contribution in [1.29, 1.82) is 0 Å². The summed E-state index contributed by atoms with van der Waals surface area (Å²) in [4.78, 5) is 22.4. The molecule has 1 aliphatic rings. The van der Waals surface area contributed by atoms with Crippen molar-refractivity contribution in [2.75, 3.05) is 0 Å². The van der Waals surface area contributed by atoms with Crippen molar-refractivity contribution in [3.63, 3.8) is 0 Å². The summed E-state index contributed by atoms with van der Waals surface area (Å²) >= 11 is 0. The molecule has 5 heteroatoms. The van der Waals surface area contributed by atoms with E-state index in [2.05, 4.69) is 5.10 Å². The van der Waals surface area contributed by atoms with Crippen LogP contribution in [0, 0.1) is 5.92 Å². The first-order chi connectivity index (χ1) is 8.16. The maximum atomic E-state index is 11.6. The van der Waals surface area contributed by atoms with Gasteiger partial charge in [0.1, 0.15) is 0 Å². The van der Waals surface area contributed by atoms with Crippen LogP contribution < -0.4 is 5.56 Å². The zero-order chi connectivity index (χ0) is 12.3. The molecule has 0 unspecified atom stereocenters. The molecule has 1 aromatic rings. The minimum atomic E-state index is -1.10. The topological polar surface area (TPSA) is 72.2 Å². The molecule has 1 aromatic heterocycles. The fraction of sp³-hybridized carbons (Fsp3) is 0.583. The average molecular weight is 236 g/mol. The summed E-state index contributed by atoms with van der Waals surface area (Å²) < 4.78 is 1.29. The van der Waals surface area contributed by atoms with Crippen molar-refractivity contribution in [1.82, 2.24) is 9.78 Å². The second kappa shape index (κ2) is 5.12. The lowest BCUT2D eigenvalue weighted by Gasteiger charge is -2.21. The SMILES string of the molecule is O=C(O)c1ccc(=O)n(CC2CCCCC2)n1. The molecule has 5 nitrogen and oxygen atoms in total. The van der Waals surface area contributed by atoms with E-state index in [-0.39, 0.29) is 11.3 Å². The Hall–Kier alpha value is -1.65. The minimum absolute atomic E-state index is 0.0691. The number of aromatic nitrogens is 2. The first-order valence-corrected chi connectivity index (χ1v) is 5.98. The lowest BCUT2D eigenvalue weighted by Crippen LogP contribution is -2.28. The Labute approximate surface area is 99.1 Å². The molecule has 1 fully saturated rings. The molecule has 1 heterocycles. The summed E-state index contributed by atoms with van der Waals surface area (Å²) in [5.41, 5.74) is -0.291. The van der Waals surface area contributed by atoms with Gasteiger partial charge in [-0.3, -0.25) is 4.79 Å². The molecule has 2 rings (SSSR count). The van der Waals surface area contributed by atoms with E-state index in [4.69, 9.17) is 5.11 Å². The maximum Gasteiger partial charge on any atom is 0.356 e. The monoisotopic (exact) mass is 236 g/mol. The zero-order valence-electron chi connectivity index (χ0n) is 9.63. The number of carboxylic acid groups (broad SMARTS) is 1. The van der Waals surface area contributed by atoms with Gasteiger partial charge in [-0.1, -0.05) is 19.3 Å². The van der Waals surface area contributed by atoms with Gasteiger partial charge >= 0.3 is 5.97 Å². The molecule has 17 heavy (non-hydrogen) atoms. The molecule has 0 radical (unpaired) electrons. The maximum absolute atomic E-state index is 11.6. The third kappa shape index (κ3) is 2.93. The van der Waals surface area contributed by atoms with Gasteiger partial charge in [0.05, 0.1) is 0 Å². The Morgan fingerprint density at radius 2 is 2.06 bits per heavy atom. The molecule has 0 saturated heterocycles. The highest BCUT2D eigenvalue weighted by molar-refractivity contribution is 5.84. The van der Waals surface area contributed by atoms with Crippen LogP contribution in [0.4, 0.5) is 0 Å². The van der Waals surface area contributed by atoms with Crippen LogP contribution >= 0.6 is 0 Å². The molecule has 0 aliphatic heterocycles. The lowest BCUT2D eigenvalue weighted by atomic mass is 9.89. The molecule has 0 bridgehead atoms. The number of aromatic carboxylic acids is 1. The van der Waals surface area contributed by atoms with Crippen molar-refractivity contribution in [2.24, 2.45) is 5.92 Å². The quantitative estimate of drug-likeness (QED) is 0.863. The first kappa shape index (κ1) is 11.8. The van der Waals surface area contributed by atoms with E-state index < -0.39 is 5.97 Å². The van der Waals surface area contributed by atoms with Crippen LogP contribution in [0.15, 0.2) is 16.9 Å². The molecule has 0 aromatic carbocycles. The number of carbonyl (C=O) groups is 1. The molecule has 1 saturated carbocycles. The van der Waals surface area contributed by atoms with Gasteiger partial charge in [-0.2, -0.15) is 5.10 Å². The number of hydrogen-bond donors (Lipinski definition) is 1. The Morgan fingerprint density at radius 3 is 2.71 bits per heavy atom. The van der Waals surface area contributed by atoms with E-state index in [0.29, 0.717) is 12.5 Å². The summed E-state index contributed by atoms with van der Waals surface area (Å²) in [6.45, 7) is 0.542. The molecule has 1 N–H and O–H groups in total. The van der Waals surface area contributed by atoms with Crippen LogP contribution in [0.25, 0.3) is 0 Å². The van der Waals surface area contributed by atoms with Crippen molar-refractivity contribution in [3.05, 3.63) is 28.2 Å². The van der Waals surface area contributed by atoms with E-state index in [1.165, 1.54) is 36.1 Å². The van der Waals surface area contributed by atoms with Gasteiger partial charge in [-0.15, -0.1) is 0 Å². The summed E-state index contributed by atoms with van der Waals surface area (Å²) in [5, 5.41) is 12.7. The normalized spacial score (nSPS) is 16.9. The fourth-order valence-electron chi connectivity index (χ4n) is 2.31. The van der Waals surface area contributed by atoms with Gasteiger partial charge in [0.25, 0.3) is 5.56 Å². The number of hydrogen-bond acceptors (Lipinski definition) is 3. The fourth-order valence-corrected chi connectivity index (χ4v) is 2.31. The third-order valence-corrected chi connectivity index (χ3v) is 3.24. The second-order valence-corrected chi connectivity index (χ2v) is 4.55. The van der Waals surface area contributed by atoms with E-state index in [1.54, 1.807) is 0 Å². The number of nitrogens with zero attached hydrogens (tertiary/aromatic N) is 2. The van der Waals surface area contributed by atoms with Gasteiger partial charge in [0.2, 0.25) is 0 Å². The largest absolute Gasteiger partial charge is 0.476 e. The van der Waals surface area contributed by atoms with Crippen molar-refractivity contribution < 1.29 is 9.90 Å². The molecule has 0 spiro atoms. The van der Waals surface area contributed by atoms with Gasteiger partial charge in [0.15, 0.2) is 5.69 Å². The Kier molecular flexibility index (Phi) is 3.56. The van der Waals surface area contributed by atoms with Gasteiger partial charge in [0, 0.05) is 12.6 Å². The van der Waals surface area contributed by atoms with E-state index in [0.717, 1.165) is 12.8 Å². The summed E-state index contributed by atoms with van der Waals surface area (Å²) in [6, 6.07) is 2.53. The molecular formula is C12H16N2O3. The average Bonchev–Trinajstić information content (AvgIpc) is 2.33.